The number of nitrogens with one attached hydrogen (secondary N) is 1. The monoisotopic (exact) mass is 455 g/mol. The van der Waals surface area contributed by atoms with Gasteiger partial charge in [-0.15, -0.1) is 11.3 Å². The highest BCUT2D eigenvalue weighted by molar-refractivity contribution is 7.15. The fraction of sp³-hybridized carbons (Fsp3) is 0.174. The molecule has 0 aliphatic heterocycles. The molecule has 0 fully saturated rings. The van der Waals surface area contributed by atoms with Crippen molar-refractivity contribution in [3.8, 4) is 5.75 Å². The number of benzene rings is 2. The van der Waals surface area contributed by atoms with Gasteiger partial charge < -0.3 is 9.26 Å². The number of aryl methyl sites for hydroxylation is 2. The van der Waals surface area contributed by atoms with Crippen LogP contribution in [0.5, 0.6) is 5.75 Å². The SMILES string of the molecule is Cc1noc(C)c1COc1cccc(C(=O)Nc2ncc(Cc3ccc(F)c(F)c3)s2)c1. The zero-order chi connectivity index (χ0) is 22.7. The number of carbonyl (C=O) groups excluding carboxylic acids is 1. The summed E-state index contributed by atoms with van der Waals surface area (Å²) in [5, 5.41) is 7.06. The van der Waals surface area contributed by atoms with Crippen molar-refractivity contribution in [2.24, 2.45) is 0 Å². The van der Waals surface area contributed by atoms with E-state index in [0.29, 0.717) is 34.2 Å². The molecule has 4 rings (SSSR count). The zero-order valence-corrected chi connectivity index (χ0v) is 18.1. The summed E-state index contributed by atoms with van der Waals surface area (Å²) >= 11 is 1.27. The maximum Gasteiger partial charge on any atom is 0.257 e. The maximum absolute atomic E-state index is 13.4. The van der Waals surface area contributed by atoms with E-state index < -0.39 is 11.6 Å². The molecule has 4 aromatic rings. The summed E-state index contributed by atoms with van der Waals surface area (Å²) in [6.07, 6.45) is 1.99. The Kier molecular flexibility index (Phi) is 6.27. The molecule has 6 nitrogen and oxygen atoms in total. The molecule has 0 saturated carbocycles. The zero-order valence-electron chi connectivity index (χ0n) is 17.3. The van der Waals surface area contributed by atoms with E-state index in [1.165, 1.54) is 17.4 Å². The molecule has 2 heterocycles. The molecule has 1 N–H and O–H groups in total. The van der Waals surface area contributed by atoms with E-state index in [9.17, 15) is 13.6 Å². The summed E-state index contributed by atoms with van der Waals surface area (Å²) in [7, 11) is 0. The lowest BCUT2D eigenvalue weighted by molar-refractivity contribution is 0.102. The molecule has 0 radical (unpaired) electrons. The Bertz CT molecular complexity index is 1250. The van der Waals surface area contributed by atoms with Crippen LogP contribution in [0.2, 0.25) is 0 Å². The van der Waals surface area contributed by atoms with Crippen LogP contribution in [0.25, 0.3) is 0 Å². The van der Waals surface area contributed by atoms with E-state index in [4.69, 9.17) is 9.26 Å². The molecule has 2 aromatic carbocycles. The lowest BCUT2D eigenvalue weighted by Gasteiger charge is -2.08. The number of hydrogen-bond acceptors (Lipinski definition) is 6. The van der Waals surface area contributed by atoms with Crippen molar-refractivity contribution in [3.05, 3.63) is 93.3 Å². The Balaban J connectivity index is 1.39. The Morgan fingerprint density at radius 3 is 2.75 bits per heavy atom. The van der Waals surface area contributed by atoms with E-state index in [1.807, 2.05) is 13.8 Å². The van der Waals surface area contributed by atoms with Crippen LogP contribution in [0.3, 0.4) is 0 Å². The minimum atomic E-state index is -0.892. The Morgan fingerprint density at radius 2 is 2.00 bits per heavy atom. The minimum absolute atomic E-state index is 0.284. The van der Waals surface area contributed by atoms with E-state index in [2.05, 4.69) is 15.5 Å². The number of nitrogens with zero attached hydrogens (tertiary/aromatic N) is 2. The van der Waals surface area contributed by atoms with E-state index >= 15 is 0 Å². The van der Waals surface area contributed by atoms with Crippen molar-refractivity contribution in [1.29, 1.82) is 0 Å². The fourth-order valence-corrected chi connectivity index (χ4v) is 3.90. The quantitative estimate of drug-likeness (QED) is 0.401. The summed E-state index contributed by atoms with van der Waals surface area (Å²) < 4.78 is 37.4. The number of hydrogen-bond donors (Lipinski definition) is 1. The number of amides is 1. The second-order valence-electron chi connectivity index (χ2n) is 7.13. The number of halogens is 2. The molecule has 32 heavy (non-hydrogen) atoms. The van der Waals surface area contributed by atoms with Gasteiger partial charge in [-0.3, -0.25) is 10.1 Å². The van der Waals surface area contributed by atoms with Crippen LogP contribution in [0.15, 0.2) is 53.2 Å². The predicted octanol–water partition coefficient (Wildman–Crippen LogP) is 5.45. The van der Waals surface area contributed by atoms with Crippen LogP contribution in [-0.2, 0) is 13.0 Å². The number of ether oxygens (including phenoxy) is 1. The molecule has 0 unspecified atom stereocenters. The largest absolute Gasteiger partial charge is 0.489 e. The number of carbonyl (C=O) groups is 1. The van der Waals surface area contributed by atoms with Gasteiger partial charge >= 0.3 is 0 Å². The van der Waals surface area contributed by atoms with Gasteiger partial charge in [-0.05, 0) is 49.7 Å². The van der Waals surface area contributed by atoms with Gasteiger partial charge in [-0.2, -0.15) is 0 Å². The molecule has 164 valence electrons. The fourth-order valence-electron chi connectivity index (χ4n) is 3.06. The van der Waals surface area contributed by atoms with Crippen LogP contribution < -0.4 is 10.1 Å². The first-order valence-corrected chi connectivity index (χ1v) is 10.6. The Hall–Kier alpha value is -3.59. The van der Waals surface area contributed by atoms with Gasteiger partial charge in [0.25, 0.3) is 5.91 Å². The summed E-state index contributed by atoms with van der Waals surface area (Å²) in [6.45, 7) is 3.94. The molecular formula is C23H19F2N3O3S. The van der Waals surface area contributed by atoms with Gasteiger partial charge in [0.1, 0.15) is 18.1 Å². The molecule has 1 amide bonds. The first-order valence-electron chi connectivity index (χ1n) is 9.73. The van der Waals surface area contributed by atoms with Crippen molar-refractivity contribution in [2.75, 3.05) is 5.32 Å². The molecule has 9 heteroatoms. The molecule has 0 aliphatic rings. The topological polar surface area (TPSA) is 77.2 Å². The van der Waals surface area contributed by atoms with Gasteiger partial charge in [0.15, 0.2) is 16.8 Å². The number of thiazole rings is 1. The van der Waals surface area contributed by atoms with Crippen LogP contribution in [0.4, 0.5) is 13.9 Å². The molecule has 0 aliphatic carbocycles. The Labute approximate surface area is 186 Å². The number of anilines is 1. The van der Waals surface area contributed by atoms with Crippen molar-refractivity contribution in [3.63, 3.8) is 0 Å². The minimum Gasteiger partial charge on any atom is -0.489 e. The van der Waals surface area contributed by atoms with Crippen LogP contribution in [-0.4, -0.2) is 16.0 Å². The molecule has 0 saturated heterocycles. The molecular weight excluding hydrogens is 436 g/mol. The van der Waals surface area contributed by atoms with Crippen molar-refractivity contribution < 1.29 is 22.8 Å². The van der Waals surface area contributed by atoms with E-state index in [-0.39, 0.29) is 12.5 Å². The molecule has 0 bridgehead atoms. The lowest BCUT2D eigenvalue weighted by Crippen LogP contribution is -2.11. The molecule has 2 aromatic heterocycles. The summed E-state index contributed by atoms with van der Waals surface area (Å²) in [5.41, 5.74) is 2.67. The van der Waals surface area contributed by atoms with Crippen molar-refractivity contribution in [2.45, 2.75) is 26.9 Å². The summed E-state index contributed by atoms with van der Waals surface area (Å²) in [4.78, 5) is 17.6. The van der Waals surface area contributed by atoms with Gasteiger partial charge in [0.2, 0.25) is 0 Å². The summed E-state index contributed by atoms with van der Waals surface area (Å²) in [6, 6.07) is 10.6. The smallest absolute Gasteiger partial charge is 0.257 e. The first kappa shape index (κ1) is 21.6. The number of rotatable bonds is 7. The highest BCUT2D eigenvalue weighted by atomic mass is 32.1. The highest BCUT2D eigenvalue weighted by Gasteiger charge is 2.13. The van der Waals surface area contributed by atoms with Gasteiger partial charge in [-0.1, -0.05) is 17.3 Å². The lowest BCUT2D eigenvalue weighted by atomic mass is 10.1. The average molecular weight is 455 g/mol. The summed E-state index contributed by atoms with van der Waals surface area (Å²) in [5.74, 6) is -0.877. The first-order chi connectivity index (χ1) is 15.4. The van der Waals surface area contributed by atoms with Crippen LogP contribution in [0.1, 0.15) is 37.8 Å². The third kappa shape index (κ3) is 5.00. The average Bonchev–Trinajstić information content (AvgIpc) is 3.35. The predicted molar refractivity (Wildman–Crippen MR) is 116 cm³/mol. The van der Waals surface area contributed by atoms with Crippen LogP contribution in [0, 0.1) is 25.5 Å². The molecule has 0 spiro atoms. The third-order valence-electron chi connectivity index (χ3n) is 4.80. The van der Waals surface area contributed by atoms with Gasteiger partial charge in [0.05, 0.1) is 11.3 Å². The van der Waals surface area contributed by atoms with E-state index in [1.54, 1.807) is 30.5 Å². The molecule has 0 atom stereocenters. The second kappa shape index (κ2) is 9.27. The second-order valence-corrected chi connectivity index (χ2v) is 8.25. The van der Waals surface area contributed by atoms with Gasteiger partial charge in [0, 0.05) is 23.1 Å². The maximum atomic E-state index is 13.4. The van der Waals surface area contributed by atoms with Crippen molar-refractivity contribution >= 4 is 22.4 Å². The third-order valence-corrected chi connectivity index (χ3v) is 5.71. The number of aromatic nitrogens is 2. The van der Waals surface area contributed by atoms with E-state index in [0.717, 1.165) is 28.3 Å². The normalized spacial score (nSPS) is 10.9. The van der Waals surface area contributed by atoms with Gasteiger partial charge in [-0.25, -0.2) is 13.8 Å². The highest BCUT2D eigenvalue weighted by Crippen LogP contribution is 2.24. The van der Waals surface area contributed by atoms with Crippen molar-refractivity contribution in [1.82, 2.24) is 10.1 Å². The standard InChI is InChI=1S/C23H19F2N3O3S/c1-13-19(14(2)31-28-13)12-30-17-5-3-4-16(10-17)22(29)27-23-26-11-18(32-23)8-15-6-7-20(24)21(25)9-15/h3-7,9-11H,8,12H2,1-2H3,(H,26,27,29). The Morgan fingerprint density at radius 1 is 1.16 bits per heavy atom. The van der Waals surface area contributed by atoms with Crippen LogP contribution >= 0.6 is 11.3 Å².